The van der Waals surface area contributed by atoms with E-state index in [0.717, 1.165) is 59.7 Å². The molecule has 0 unspecified atom stereocenters. The fourth-order valence-corrected chi connectivity index (χ4v) is 4.65. The molecule has 2 aliphatic carbocycles. The zero-order valence-electron chi connectivity index (χ0n) is 14.5. The Kier molecular flexibility index (Phi) is 9.22. The monoisotopic (exact) mass is 446 g/mol. The van der Waals surface area contributed by atoms with E-state index in [1.54, 1.807) is 0 Å². The molecule has 0 heterocycles. The summed E-state index contributed by atoms with van der Waals surface area (Å²) in [6.45, 7) is 4.73. The van der Waals surface area contributed by atoms with Crippen molar-refractivity contribution in [3.8, 4) is 0 Å². The van der Waals surface area contributed by atoms with Crippen LogP contribution in [0, 0.1) is 5.41 Å². The van der Waals surface area contributed by atoms with Crippen LogP contribution in [0.5, 0.6) is 0 Å². The van der Waals surface area contributed by atoms with E-state index in [-0.39, 0.29) is 44.8 Å². The van der Waals surface area contributed by atoms with Crippen molar-refractivity contribution in [2.45, 2.75) is 52.4 Å². The average molecular weight is 449 g/mol. The van der Waals surface area contributed by atoms with Crippen molar-refractivity contribution in [2.75, 3.05) is 13.2 Å². The van der Waals surface area contributed by atoms with Crippen LogP contribution >= 0.6 is 23.2 Å². The van der Waals surface area contributed by atoms with Gasteiger partial charge in [0.2, 0.25) is 0 Å². The summed E-state index contributed by atoms with van der Waals surface area (Å²) < 4.78 is 0. The van der Waals surface area contributed by atoms with E-state index < -0.39 is 0 Å². The Morgan fingerprint density at radius 1 is 0.875 bits per heavy atom. The molecule has 5 heteroatoms. The number of halogens is 2. The number of hydrogen-bond donors (Lipinski definition) is 2. The fraction of sp³-hybridized carbons (Fsp3) is 0.579. The fourth-order valence-electron chi connectivity index (χ4n) is 3.78. The molecule has 0 aromatic carbocycles. The Labute approximate surface area is 174 Å². The van der Waals surface area contributed by atoms with Gasteiger partial charge in [-0.3, -0.25) is 0 Å². The van der Waals surface area contributed by atoms with E-state index >= 15 is 0 Å². The van der Waals surface area contributed by atoms with Crippen molar-refractivity contribution in [3.63, 3.8) is 0 Å². The van der Waals surface area contributed by atoms with Crippen LogP contribution in [0.3, 0.4) is 0 Å². The largest absolute Gasteiger partial charge is 0.396 e. The quantitative estimate of drug-likeness (QED) is 0.536. The van der Waals surface area contributed by atoms with Gasteiger partial charge in [0.1, 0.15) is 0 Å². The summed E-state index contributed by atoms with van der Waals surface area (Å²) in [5.41, 5.74) is 4.54. The second kappa shape index (κ2) is 9.88. The molecule has 132 valence electrons. The third-order valence-electron chi connectivity index (χ3n) is 4.70. The Bertz CT molecular complexity index is 536. The minimum atomic E-state index is -0.260. The van der Waals surface area contributed by atoms with Crippen molar-refractivity contribution in [1.82, 2.24) is 0 Å². The van der Waals surface area contributed by atoms with E-state index in [1.807, 2.05) is 0 Å². The van der Waals surface area contributed by atoms with Crippen LogP contribution in [0.15, 0.2) is 44.5 Å². The first-order valence-electron chi connectivity index (χ1n) is 8.32. The second-order valence-electron chi connectivity index (χ2n) is 6.71. The molecule has 0 radical (unpaired) electrons. The minimum absolute atomic E-state index is 0. The van der Waals surface area contributed by atoms with Gasteiger partial charge in [0.05, 0.1) is 0 Å². The smallest absolute Gasteiger partial charge is 0.0434 e. The molecule has 0 aromatic heterocycles. The number of aliphatic hydroxyl groups is 2. The number of rotatable bonds is 8. The van der Waals surface area contributed by atoms with Crippen LogP contribution in [0.2, 0.25) is 0 Å². The molecule has 0 bridgehead atoms. The molecule has 2 nitrogen and oxygen atoms in total. The van der Waals surface area contributed by atoms with Gasteiger partial charge in [-0.2, -0.15) is 0 Å². The Balaban J connectivity index is 0.00000288. The van der Waals surface area contributed by atoms with Crippen LogP contribution in [0.1, 0.15) is 52.4 Å². The maximum Gasteiger partial charge on any atom is 0.0434 e. The Morgan fingerprint density at radius 2 is 1.25 bits per heavy atom. The molecule has 0 aliphatic heterocycles. The van der Waals surface area contributed by atoms with E-state index in [1.165, 1.54) is 11.1 Å². The predicted molar refractivity (Wildman–Crippen MR) is 97.6 cm³/mol. The van der Waals surface area contributed by atoms with Crippen molar-refractivity contribution >= 4 is 23.2 Å². The summed E-state index contributed by atoms with van der Waals surface area (Å²) in [6.07, 6.45) is 9.05. The van der Waals surface area contributed by atoms with Gasteiger partial charge in [-0.05, 0) is 48.0 Å². The van der Waals surface area contributed by atoms with Crippen molar-refractivity contribution < 1.29 is 36.4 Å². The third-order valence-corrected chi connectivity index (χ3v) is 5.39. The Morgan fingerprint density at radius 3 is 1.58 bits per heavy atom. The number of allylic oxidation sites excluding steroid dienone is 8. The van der Waals surface area contributed by atoms with Gasteiger partial charge in [0, 0.05) is 67.7 Å². The van der Waals surface area contributed by atoms with Gasteiger partial charge < -0.3 is 10.2 Å². The summed E-state index contributed by atoms with van der Waals surface area (Å²) in [5.74, 6) is 0. The zero-order valence-corrected chi connectivity index (χ0v) is 18.4. The molecule has 0 spiro atoms. The van der Waals surface area contributed by atoms with Gasteiger partial charge in [0.15, 0.2) is 0 Å². The molecular weight excluding hydrogens is 422 g/mol. The summed E-state index contributed by atoms with van der Waals surface area (Å²) in [7, 11) is 0. The molecule has 0 fully saturated rings. The number of hydrogen-bond acceptors (Lipinski definition) is 2. The topological polar surface area (TPSA) is 40.5 Å². The number of aliphatic hydroxyl groups excluding tert-OH is 2. The van der Waals surface area contributed by atoms with Crippen molar-refractivity contribution in [3.05, 3.63) is 44.5 Å². The van der Waals surface area contributed by atoms with Crippen LogP contribution in [-0.2, 0) is 26.2 Å². The molecule has 2 aliphatic rings. The van der Waals surface area contributed by atoms with E-state index in [9.17, 15) is 0 Å². The Hall–Kier alpha value is 0.343. The first-order chi connectivity index (χ1) is 10.9. The first kappa shape index (κ1) is 22.4. The van der Waals surface area contributed by atoms with Gasteiger partial charge in [0.25, 0.3) is 0 Å². The van der Waals surface area contributed by atoms with E-state index in [2.05, 4.69) is 26.0 Å². The minimum Gasteiger partial charge on any atom is -0.396 e. The van der Waals surface area contributed by atoms with E-state index in [4.69, 9.17) is 33.4 Å². The van der Waals surface area contributed by atoms with Gasteiger partial charge >= 0.3 is 0 Å². The average Bonchev–Trinajstić information content (AvgIpc) is 3.06. The second-order valence-corrected chi connectivity index (χ2v) is 7.62. The van der Waals surface area contributed by atoms with Crippen LogP contribution in [0.25, 0.3) is 0 Å². The summed E-state index contributed by atoms with van der Waals surface area (Å²) >= 11 is 13.1. The van der Waals surface area contributed by atoms with Crippen molar-refractivity contribution in [2.24, 2.45) is 5.41 Å². The maximum atomic E-state index is 9.13. The molecule has 0 aromatic rings. The summed E-state index contributed by atoms with van der Waals surface area (Å²) in [6, 6.07) is 0. The van der Waals surface area contributed by atoms with Gasteiger partial charge in [-0.15, -0.1) is 0 Å². The van der Waals surface area contributed by atoms with Crippen LogP contribution in [0.4, 0.5) is 0 Å². The zero-order chi connectivity index (χ0) is 17.0. The van der Waals surface area contributed by atoms with Crippen LogP contribution < -0.4 is 0 Å². The van der Waals surface area contributed by atoms with Crippen molar-refractivity contribution in [1.29, 1.82) is 0 Å². The molecule has 24 heavy (non-hydrogen) atoms. The molecule has 0 saturated carbocycles. The first-order valence-corrected chi connectivity index (χ1v) is 9.07. The molecular formula is C19H26Cl2O2Zr. The van der Waals surface area contributed by atoms with Gasteiger partial charge in [-0.1, -0.05) is 49.2 Å². The summed E-state index contributed by atoms with van der Waals surface area (Å²) in [4.78, 5) is 0. The predicted octanol–water partition coefficient (Wildman–Crippen LogP) is 5.20. The SMILES string of the molecule is CC(C)(C1=C(Cl)CC=C1CCCO)C1=C(Cl)CC=C1CCCO.[Zr]. The third kappa shape index (κ3) is 4.74. The molecule has 0 amide bonds. The van der Waals surface area contributed by atoms with Gasteiger partial charge in [-0.25, -0.2) is 0 Å². The standard InChI is InChI=1S/C19H26Cl2O2.Zr/c1-19(2,17-13(5-3-11-22)7-9-15(17)20)18-14(6-4-12-23)8-10-16(18)21;/h7-8,22-23H,3-6,9-12H2,1-2H3;. The maximum absolute atomic E-state index is 9.13. The van der Waals surface area contributed by atoms with Crippen LogP contribution in [-0.4, -0.2) is 23.4 Å². The molecule has 2 rings (SSSR count). The summed E-state index contributed by atoms with van der Waals surface area (Å²) in [5, 5.41) is 20.0. The molecule has 0 saturated heterocycles. The molecule has 2 N–H and O–H groups in total. The normalized spacial score (nSPS) is 18.1. The molecule has 0 atom stereocenters. The van der Waals surface area contributed by atoms with E-state index in [0.29, 0.717) is 0 Å².